The third-order valence-electron chi connectivity index (χ3n) is 13.2. The molecule has 4 aliphatic rings. The average Bonchev–Trinajstić information content (AvgIpc) is 3.14. The van der Waals surface area contributed by atoms with Crippen molar-refractivity contribution in [2.24, 2.45) is 52.3 Å². The molecule has 0 aromatic carbocycles. The van der Waals surface area contributed by atoms with Crippen molar-refractivity contribution in [1.82, 2.24) is 0 Å². The quantitative estimate of drug-likeness (QED) is 0.322. The second-order valence-corrected chi connectivity index (χ2v) is 21.4. The summed E-state index contributed by atoms with van der Waals surface area (Å²) in [6, 6.07) is 0. The Kier molecular flexibility index (Phi) is 8.53. The molecule has 3 nitrogen and oxygen atoms in total. The molecule has 4 saturated carbocycles. The van der Waals surface area contributed by atoms with Crippen LogP contribution in [0.5, 0.6) is 0 Å². The Bertz CT molecular complexity index is 789. The van der Waals surface area contributed by atoms with Crippen LogP contribution in [0.1, 0.15) is 120 Å². The zero-order chi connectivity index (χ0) is 27.6. The smallest absolute Gasteiger partial charge is 0.192 e. The van der Waals surface area contributed by atoms with E-state index in [2.05, 4.69) is 68.5 Å². The lowest BCUT2D eigenvalue weighted by Crippen LogP contribution is -2.64. The molecule has 2 N–H and O–H groups in total. The van der Waals surface area contributed by atoms with Gasteiger partial charge in [-0.1, -0.05) is 74.7 Å². The van der Waals surface area contributed by atoms with Crippen LogP contribution >= 0.6 is 0 Å². The maximum absolute atomic E-state index is 11.8. The maximum Gasteiger partial charge on any atom is 0.192 e. The molecule has 4 rings (SSSR count). The summed E-state index contributed by atoms with van der Waals surface area (Å²) in [5, 5.41) is 23.7. The Morgan fingerprint density at radius 1 is 0.838 bits per heavy atom. The predicted molar refractivity (Wildman–Crippen MR) is 158 cm³/mol. The Morgan fingerprint density at radius 2 is 1.46 bits per heavy atom. The van der Waals surface area contributed by atoms with E-state index in [0.29, 0.717) is 17.3 Å². The molecule has 0 radical (unpaired) electrons. The van der Waals surface area contributed by atoms with E-state index in [0.717, 1.165) is 37.0 Å². The third-order valence-corrected chi connectivity index (χ3v) is 17.7. The highest BCUT2D eigenvalue weighted by Gasteiger charge is 2.65. The Balaban J connectivity index is 1.50. The highest BCUT2D eigenvalue weighted by molar-refractivity contribution is 6.74. The summed E-state index contributed by atoms with van der Waals surface area (Å²) in [5.74, 6) is 3.86. The van der Waals surface area contributed by atoms with Gasteiger partial charge in [0.25, 0.3) is 0 Å². The fraction of sp³-hybridized carbons (Fsp3) is 1.00. The van der Waals surface area contributed by atoms with Crippen LogP contribution in [0.3, 0.4) is 0 Å². The SMILES string of the molecule is CC(C)CCC[C@@H](C)C1CCC2C3C(O)C(O)C4CC(O[Si](C)(C)C(C)(C)C)CCC4(C)C3CCC21C. The summed E-state index contributed by atoms with van der Waals surface area (Å²) in [7, 11) is -1.85. The molecular weight excluding hydrogens is 472 g/mol. The van der Waals surface area contributed by atoms with Gasteiger partial charge in [0.05, 0.1) is 12.2 Å². The van der Waals surface area contributed by atoms with E-state index in [-0.39, 0.29) is 28.4 Å². The number of rotatable bonds is 7. The zero-order valence-electron chi connectivity index (χ0n) is 26.1. The lowest BCUT2D eigenvalue weighted by atomic mass is 9.43. The number of aliphatic hydroxyl groups is 2. The van der Waals surface area contributed by atoms with Crippen molar-refractivity contribution in [3.05, 3.63) is 0 Å². The van der Waals surface area contributed by atoms with Gasteiger partial charge < -0.3 is 14.6 Å². The van der Waals surface area contributed by atoms with Gasteiger partial charge in [0, 0.05) is 6.10 Å². The van der Waals surface area contributed by atoms with Crippen LogP contribution in [0.2, 0.25) is 18.1 Å². The van der Waals surface area contributed by atoms with Gasteiger partial charge in [-0.3, -0.25) is 0 Å². The minimum Gasteiger partial charge on any atom is -0.414 e. The first-order chi connectivity index (χ1) is 17.0. The molecule has 4 aliphatic carbocycles. The Hall–Kier alpha value is 0.0969. The van der Waals surface area contributed by atoms with Crippen molar-refractivity contribution in [3.63, 3.8) is 0 Å². The van der Waals surface area contributed by atoms with E-state index in [1.54, 1.807) is 0 Å². The first-order valence-corrected chi connectivity index (χ1v) is 19.0. The van der Waals surface area contributed by atoms with Crippen molar-refractivity contribution in [3.8, 4) is 0 Å². The van der Waals surface area contributed by atoms with Crippen LogP contribution < -0.4 is 0 Å². The van der Waals surface area contributed by atoms with Crippen molar-refractivity contribution in [2.45, 2.75) is 156 Å². The van der Waals surface area contributed by atoms with Crippen LogP contribution in [-0.2, 0) is 4.43 Å². The van der Waals surface area contributed by atoms with Gasteiger partial charge in [-0.05, 0) is 115 Å². The van der Waals surface area contributed by atoms with Gasteiger partial charge in [0.2, 0.25) is 0 Å². The molecule has 4 fully saturated rings. The van der Waals surface area contributed by atoms with Crippen LogP contribution in [0.15, 0.2) is 0 Å². The molecule has 37 heavy (non-hydrogen) atoms. The molecule has 0 aliphatic heterocycles. The van der Waals surface area contributed by atoms with Crippen molar-refractivity contribution < 1.29 is 14.6 Å². The first-order valence-electron chi connectivity index (χ1n) is 16.1. The number of hydrogen-bond donors (Lipinski definition) is 2. The molecule has 0 bridgehead atoms. The Labute approximate surface area is 231 Å². The molecule has 0 amide bonds. The third kappa shape index (κ3) is 5.29. The largest absolute Gasteiger partial charge is 0.414 e. The number of hydrogen-bond acceptors (Lipinski definition) is 3. The van der Waals surface area contributed by atoms with Crippen LogP contribution in [0.25, 0.3) is 0 Å². The van der Waals surface area contributed by atoms with Gasteiger partial charge in [-0.15, -0.1) is 0 Å². The summed E-state index contributed by atoms with van der Waals surface area (Å²) in [4.78, 5) is 0. The summed E-state index contributed by atoms with van der Waals surface area (Å²) in [6.45, 7) is 23.9. The minimum atomic E-state index is -1.85. The zero-order valence-corrected chi connectivity index (χ0v) is 27.1. The highest BCUT2D eigenvalue weighted by Crippen LogP contribution is 2.68. The second kappa shape index (κ2) is 10.5. The summed E-state index contributed by atoms with van der Waals surface area (Å²) in [5.41, 5.74) is 0.448. The molecule has 10 unspecified atom stereocenters. The van der Waals surface area contributed by atoms with Gasteiger partial charge in [0.1, 0.15) is 0 Å². The molecular formula is C33H62O3Si. The fourth-order valence-electron chi connectivity index (χ4n) is 9.95. The molecule has 0 saturated heterocycles. The van der Waals surface area contributed by atoms with Crippen molar-refractivity contribution in [2.75, 3.05) is 0 Å². The highest BCUT2D eigenvalue weighted by atomic mass is 28.4. The van der Waals surface area contributed by atoms with E-state index < -0.39 is 20.5 Å². The van der Waals surface area contributed by atoms with E-state index >= 15 is 0 Å². The number of aliphatic hydroxyl groups excluding tert-OH is 2. The van der Waals surface area contributed by atoms with Gasteiger partial charge in [-0.25, -0.2) is 0 Å². The Morgan fingerprint density at radius 3 is 2.08 bits per heavy atom. The van der Waals surface area contributed by atoms with Crippen LogP contribution in [-0.4, -0.2) is 36.8 Å². The summed E-state index contributed by atoms with van der Waals surface area (Å²) < 4.78 is 6.88. The van der Waals surface area contributed by atoms with Gasteiger partial charge in [-0.2, -0.15) is 0 Å². The summed E-state index contributed by atoms with van der Waals surface area (Å²) >= 11 is 0. The van der Waals surface area contributed by atoms with Gasteiger partial charge in [0.15, 0.2) is 8.32 Å². The molecule has 4 heteroatoms. The lowest BCUT2D eigenvalue weighted by Gasteiger charge is -2.64. The van der Waals surface area contributed by atoms with E-state index in [4.69, 9.17) is 4.43 Å². The maximum atomic E-state index is 11.8. The fourth-order valence-corrected chi connectivity index (χ4v) is 11.3. The van der Waals surface area contributed by atoms with Crippen molar-refractivity contribution in [1.29, 1.82) is 0 Å². The number of fused-ring (bicyclic) bond motifs is 5. The van der Waals surface area contributed by atoms with Crippen LogP contribution in [0.4, 0.5) is 0 Å². The lowest BCUT2D eigenvalue weighted by molar-refractivity contribution is -0.222. The van der Waals surface area contributed by atoms with Gasteiger partial charge >= 0.3 is 0 Å². The molecule has 0 spiro atoms. The molecule has 0 heterocycles. The normalized spacial score (nSPS) is 45.3. The van der Waals surface area contributed by atoms with E-state index in [9.17, 15) is 10.2 Å². The average molecular weight is 535 g/mol. The monoisotopic (exact) mass is 534 g/mol. The molecule has 11 atom stereocenters. The molecule has 216 valence electrons. The molecule has 0 aromatic rings. The first kappa shape index (κ1) is 30.1. The van der Waals surface area contributed by atoms with Crippen LogP contribution in [0, 0.1) is 52.3 Å². The predicted octanol–water partition coefficient (Wildman–Crippen LogP) is 8.44. The van der Waals surface area contributed by atoms with E-state index in [1.807, 2.05) is 0 Å². The molecule has 0 aromatic heterocycles. The topological polar surface area (TPSA) is 49.7 Å². The standard InChI is InChI=1S/C33H62O3Si/c1-21(2)12-11-13-22(3)24-14-15-25-28-26(17-19-32(24,25)7)33(8)18-16-23(20-27(33)29(34)30(28)35)36-37(9,10)31(4,5)6/h21-30,34-35H,11-20H2,1-10H3/t22-,23?,24?,25?,26?,27?,28?,29?,30?,32?,33?/m1/s1. The second-order valence-electron chi connectivity index (χ2n) is 16.7. The van der Waals surface area contributed by atoms with E-state index in [1.165, 1.54) is 44.9 Å². The minimum absolute atomic E-state index is 0.124. The van der Waals surface area contributed by atoms with Crippen molar-refractivity contribution >= 4 is 8.32 Å². The summed E-state index contributed by atoms with van der Waals surface area (Å²) in [6.07, 6.45) is 11.4.